The Morgan fingerprint density at radius 1 is 1.03 bits per heavy atom. The first-order valence-electron chi connectivity index (χ1n) is 10.2. The average Bonchev–Trinajstić information content (AvgIpc) is 2.84. The maximum atomic E-state index is 12.6. The lowest BCUT2D eigenvalue weighted by molar-refractivity contribution is -0.118. The number of ether oxygens (including phenoxy) is 2. The van der Waals surface area contributed by atoms with Crippen molar-refractivity contribution in [2.75, 3.05) is 24.4 Å². The van der Waals surface area contributed by atoms with Gasteiger partial charge in [-0.05, 0) is 60.5 Å². The molecule has 34 heavy (non-hydrogen) atoms. The van der Waals surface area contributed by atoms with Gasteiger partial charge >= 0.3 is 0 Å². The lowest BCUT2D eigenvalue weighted by atomic mass is 10.1. The fourth-order valence-corrected chi connectivity index (χ4v) is 3.16. The van der Waals surface area contributed by atoms with Gasteiger partial charge in [-0.1, -0.05) is 41.9 Å². The van der Waals surface area contributed by atoms with Gasteiger partial charge in [0.05, 0.1) is 7.11 Å². The normalized spacial score (nSPS) is 10.7. The molecule has 0 bridgehead atoms. The van der Waals surface area contributed by atoms with Crippen molar-refractivity contribution in [2.24, 2.45) is 0 Å². The Hall–Kier alpha value is -4.28. The highest BCUT2D eigenvalue weighted by molar-refractivity contribution is 6.31. The molecular weight excluding hydrogens is 454 g/mol. The van der Waals surface area contributed by atoms with Crippen LogP contribution in [0.1, 0.15) is 11.1 Å². The molecule has 0 spiro atoms. The zero-order valence-electron chi connectivity index (χ0n) is 18.6. The topological polar surface area (TPSA) is 100 Å². The van der Waals surface area contributed by atoms with Gasteiger partial charge in [-0.15, -0.1) is 0 Å². The molecule has 0 radical (unpaired) electrons. The number of halogens is 1. The quantitative estimate of drug-likeness (QED) is 0.343. The van der Waals surface area contributed by atoms with Crippen molar-refractivity contribution >= 4 is 40.9 Å². The fourth-order valence-electron chi connectivity index (χ4n) is 2.99. The largest absolute Gasteiger partial charge is 0.493 e. The molecular formula is C26H22ClN3O4. The number of para-hydroxylation sites is 1. The van der Waals surface area contributed by atoms with Crippen LogP contribution in [0.25, 0.3) is 6.08 Å². The molecule has 2 amide bonds. The standard InChI is InChI=1S/C26H22ClN3O4/c1-17-8-10-20(27)14-22(17)30-26(32)19(15-28)12-18-9-11-23(24(13-18)33-2)34-16-25(31)29-21-6-4-3-5-7-21/h3-14H,16H2,1-2H3,(H,29,31)(H,30,32)/b19-12+. The molecule has 0 atom stereocenters. The lowest BCUT2D eigenvalue weighted by Gasteiger charge is -2.12. The predicted molar refractivity (Wildman–Crippen MR) is 132 cm³/mol. The van der Waals surface area contributed by atoms with Gasteiger partial charge in [0.15, 0.2) is 18.1 Å². The second kappa shape index (κ2) is 11.5. The SMILES string of the molecule is COc1cc(/C=C(\C#N)C(=O)Nc2cc(Cl)ccc2C)ccc1OCC(=O)Nc1ccccc1. The van der Waals surface area contributed by atoms with Crippen molar-refractivity contribution in [2.45, 2.75) is 6.92 Å². The minimum Gasteiger partial charge on any atom is -0.493 e. The summed E-state index contributed by atoms with van der Waals surface area (Å²) in [4.78, 5) is 24.7. The zero-order valence-corrected chi connectivity index (χ0v) is 19.3. The summed E-state index contributed by atoms with van der Waals surface area (Å²) >= 11 is 6.00. The van der Waals surface area contributed by atoms with Gasteiger partial charge in [-0.2, -0.15) is 5.26 Å². The van der Waals surface area contributed by atoms with E-state index in [-0.39, 0.29) is 18.1 Å². The number of amides is 2. The first kappa shape index (κ1) is 24.4. The van der Waals surface area contributed by atoms with Gasteiger partial charge in [0, 0.05) is 16.4 Å². The second-order valence-corrected chi connectivity index (χ2v) is 7.63. The summed E-state index contributed by atoms with van der Waals surface area (Å²) in [7, 11) is 1.46. The molecule has 0 aromatic heterocycles. The molecule has 0 heterocycles. The molecule has 0 aliphatic carbocycles. The van der Waals surface area contributed by atoms with Gasteiger partial charge in [-0.25, -0.2) is 0 Å². The van der Waals surface area contributed by atoms with Crippen LogP contribution < -0.4 is 20.1 Å². The maximum Gasteiger partial charge on any atom is 0.266 e. The van der Waals surface area contributed by atoms with E-state index < -0.39 is 5.91 Å². The lowest BCUT2D eigenvalue weighted by Crippen LogP contribution is -2.20. The molecule has 2 N–H and O–H groups in total. The van der Waals surface area contributed by atoms with E-state index >= 15 is 0 Å². The van der Waals surface area contributed by atoms with Gasteiger partial charge in [0.25, 0.3) is 11.8 Å². The molecule has 0 saturated carbocycles. The molecule has 0 saturated heterocycles. The monoisotopic (exact) mass is 475 g/mol. The van der Waals surface area contributed by atoms with Crippen LogP contribution in [0.3, 0.4) is 0 Å². The number of aryl methyl sites for hydroxylation is 1. The summed E-state index contributed by atoms with van der Waals surface area (Å²) in [5.74, 6) is -0.188. The van der Waals surface area contributed by atoms with Crippen molar-refractivity contribution in [3.05, 3.63) is 88.5 Å². The molecule has 0 unspecified atom stereocenters. The van der Waals surface area contributed by atoms with Gasteiger partial charge in [-0.3, -0.25) is 9.59 Å². The van der Waals surface area contributed by atoms with Gasteiger partial charge < -0.3 is 20.1 Å². The number of nitriles is 1. The number of nitrogens with zero attached hydrogens (tertiary/aromatic N) is 1. The minimum absolute atomic E-state index is 0.0997. The van der Waals surface area contributed by atoms with E-state index in [9.17, 15) is 14.9 Å². The number of rotatable bonds is 8. The van der Waals surface area contributed by atoms with E-state index in [0.717, 1.165) is 5.56 Å². The number of hydrogen-bond donors (Lipinski definition) is 2. The van der Waals surface area contributed by atoms with E-state index in [4.69, 9.17) is 21.1 Å². The first-order chi connectivity index (χ1) is 16.4. The van der Waals surface area contributed by atoms with E-state index in [1.807, 2.05) is 31.2 Å². The number of carbonyl (C=O) groups is 2. The maximum absolute atomic E-state index is 12.6. The Kier molecular flexibility index (Phi) is 8.27. The summed E-state index contributed by atoms with van der Waals surface area (Å²) in [5.41, 5.74) is 2.45. The number of methoxy groups -OCH3 is 1. The zero-order chi connectivity index (χ0) is 24.5. The first-order valence-corrected chi connectivity index (χ1v) is 10.6. The number of hydrogen-bond acceptors (Lipinski definition) is 5. The van der Waals surface area contributed by atoms with Crippen molar-refractivity contribution in [1.29, 1.82) is 5.26 Å². The summed E-state index contributed by atoms with van der Waals surface area (Å²) in [6.07, 6.45) is 1.43. The number of carbonyl (C=O) groups excluding carboxylic acids is 2. The number of anilines is 2. The second-order valence-electron chi connectivity index (χ2n) is 7.20. The molecule has 3 rings (SSSR count). The molecule has 8 heteroatoms. The number of benzene rings is 3. The van der Waals surface area contributed by atoms with Crippen molar-refractivity contribution in [3.8, 4) is 17.6 Å². The molecule has 0 aliphatic heterocycles. The van der Waals surface area contributed by atoms with Gasteiger partial charge in [0.2, 0.25) is 0 Å². The van der Waals surface area contributed by atoms with Crippen LogP contribution in [-0.2, 0) is 9.59 Å². The smallest absolute Gasteiger partial charge is 0.266 e. The van der Waals surface area contributed by atoms with E-state index in [1.165, 1.54) is 13.2 Å². The highest BCUT2D eigenvalue weighted by Crippen LogP contribution is 2.29. The fraction of sp³-hybridized carbons (Fsp3) is 0.115. The van der Waals surface area contributed by atoms with Crippen LogP contribution in [0.15, 0.2) is 72.3 Å². The van der Waals surface area contributed by atoms with Crippen LogP contribution >= 0.6 is 11.6 Å². The van der Waals surface area contributed by atoms with Crippen LogP contribution in [0, 0.1) is 18.3 Å². The Morgan fingerprint density at radius 3 is 2.50 bits per heavy atom. The van der Waals surface area contributed by atoms with Crippen molar-refractivity contribution in [1.82, 2.24) is 0 Å². The summed E-state index contributed by atoms with van der Waals surface area (Å²) in [6, 6.07) is 20.9. The van der Waals surface area contributed by atoms with Crippen LogP contribution in [0.2, 0.25) is 5.02 Å². The molecule has 0 aliphatic rings. The van der Waals surface area contributed by atoms with Crippen LogP contribution in [0.4, 0.5) is 11.4 Å². The van der Waals surface area contributed by atoms with E-state index in [0.29, 0.717) is 33.5 Å². The van der Waals surface area contributed by atoms with Crippen LogP contribution in [-0.4, -0.2) is 25.5 Å². The Balaban J connectivity index is 1.70. The Labute approximate surface area is 202 Å². The van der Waals surface area contributed by atoms with Crippen molar-refractivity contribution < 1.29 is 19.1 Å². The third-order valence-electron chi connectivity index (χ3n) is 4.73. The summed E-state index contributed by atoms with van der Waals surface area (Å²) in [5, 5.41) is 15.4. The molecule has 0 fully saturated rings. The van der Waals surface area contributed by atoms with E-state index in [1.54, 1.807) is 48.5 Å². The molecule has 3 aromatic rings. The minimum atomic E-state index is -0.565. The molecule has 172 valence electrons. The number of nitrogens with one attached hydrogen (secondary N) is 2. The average molecular weight is 476 g/mol. The predicted octanol–water partition coefficient (Wildman–Crippen LogP) is 5.22. The summed E-state index contributed by atoms with van der Waals surface area (Å²) in [6.45, 7) is 1.61. The molecule has 7 nitrogen and oxygen atoms in total. The van der Waals surface area contributed by atoms with Gasteiger partial charge in [0.1, 0.15) is 11.6 Å². The van der Waals surface area contributed by atoms with Crippen LogP contribution in [0.5, 0.6) is 11.5 Å². The highest BCUT2D eigenvalue weighted by atomic mass is 35.5. The van der Waals surface area contributed by atoms with E-state index in [2.05, 4.69) is 10.6 Å². The summed E-state index contributed by atoms with van der Waals surface area (Å²) < 4.78 is 10.9. The van der Waals surface area contributed by atoms with Crippen molar-refractivity contribution in [3.63, 3.8) is 0 Å². The third kappa shape index (κ3) is 6.61. The Morgan fingerprint density at radius 2 is 1.79 bits per heavy atom. The molecule has 3 aromatic carbocycles. The third-order valence-corrected chi connectivity index (χ3v) is 4.96. The highest BCUT2D eigenvalue weighted by Gasteiger charge is 2.13. The Bertz CT molecular complexity index is 1270.